The predicted octanol–water partition coefficient (Wildman–Crippen LogP) is 1.90. The number of amides is 1. The molecular formula is C17H15N3O6. The largest absolute Gasteiger partial charge is 0.507 e. The molecule has 2 aromatic carbocycles. The van der Waals surface area contributed by atoms with Gasteiger partial charge >= 0.3 is 0 Å². The number of nitro groups is 1. The summed E-state index contributed by atoms with van der Waals surface area (Å²) < 4.78 is 11.0. The van der Waals surface area contributed by atoms with Gasteiger partial charge in [0.15, 0.2) is 11.5 Å². The topological polar surface area (TPSA) is 123 Å². The second-order valence-electron chi connectivity index (χ2n) is 5.56. The van der Waals surface area contributed by atoms with Crippen molar-refractivity contribution in [3.63, 3.8) is 0 Å². The van der Waals surface area contributed by atoms with Crippen LogP contribution in [-0.2, 0) is 4.79 Å². The first-order valence-corrected chi connectivity index (χ1v) is 7.65. The SMILES string of the molecule is Cc1cc([N+](=O)[O-])cc(/C=N\NC(=O)C2COc3ccccc3O2)c1O. The van der Waals surface area contributed by atoms with Gasteiger partial charge in [-0.05, 0) is 24.6 Å². The Morgan fingerprint density at radius 3 is 2.85 bits per heavy atom. The fourth-order valence-electron chi connectivity index (χ4n) is 2.38. The van der Waals surface area contributed by atoms with Crippen molar-refractivity contribution < 1.29 is 24.3 Å². The Morgan fingerprint density at radius 1 is 1.38 bits per heavy atom. The van der Waals surface area contributed by atoms with Crippen molar-refractivity contribution in [2.75, 3.05) is 6.61 Å². The normalized spacial score (nSPS) is 15.7. The molecule has 1 aliphatic heterocycles. The Kier molecular flexibility index (Phi) is 4.70. The van der Waals surface area contributed by atoms with Crippen LogP contribution in [0.25, 0.3) is 0 Å². The first-order chi connectivity index (χ1) is 12.5. The van der Waals surface area contributed by atoms with Crippen molar-refractivity contribution in [1.82, 2.24) is 5.43 Å². The second-order valence-corrected chi connectivity index (χ2v) is 5.56. The maximum absolute atomic E-state index is 12.1. The van der Waals surface area contributed by atoms with Gasteiger partial charge in [0, 0.05) is 17.7 Å². The summed E-state index contributed by atoms with van der Waals surface area (Å²) in [6.45, 7) is 1.56. The summed E-state index contributed by atoms with van der Waals surface area (Å²) in [6.07, 6.45) is 0.243. The van der Waals surface area contributed by atoms with Gasteiger partial charge in [0.25, 0.3) is 11.6 Å². The van der Waals surface area contributed by atoms with E-state index in [9.17, 15) is 20.0 Å². The van der Waals surface area contributed by atoms with Gasteiger partial charge < -0.3 is 14.6 Å². The molecule has 0 spiro atoms. The van der Waals surface area contributed by atoms with E-state index in [1.165, 1.54) is 13.0 Å². The summed E-state index contributed by atoms with van der Waals surface area (Å²) in [5.74, 6) is 0.309. The number of nitrogens with zero attached hydrogens (tertiary/aromatic N) is 2. The highest BCUT2D eigenvalue weighted by Crippen LogP contribution is 2.31. The number of hydrogen-bond donors (Lipinski definition) is 2. The van der Waals surface area contributed by atoms with Gasteiger partial charge in [-0.15, -0.1) is 0 Å². The predicted molar refractivity (Wildman–Crippen MR) is 91.6 cm³/mol. The maximum atomic E-state index is 12.1. The summed E-state index contributed by atoms with van der Waals surface area (Å²) in [5.41, 5.74) is 2.53. The molecule has 3 rings (SSSR count). The Morgan fingerprint density at radius 2 is 2.12 bits per heavy atom. The molecule has 1 amide bonds. The number of hydrogen-bond acceptors (Lipinski definition) is 7. The lowest BCUT2D eigenvalue weighted by atomic mass is 10.1. The first-order valence-electron chi connectivity index (χ1n) is 7.65. The van der Waals surface area contributed by atoms with E-state index in [4.69, 9.17) is 9.47 Å². The van der Waals surface area contributed by atoms with Crippen LogP contribution in [0.15, 0.2) is 41.5 Å². The third-order valence-electron chi connectivity index (χ3n) is 3.70. The molecule has 0 bridgehead atoms. The number of rotatable bonds is 4. The summed E-state index contributed by atoms with van der Waals surface area (Å²) in [4.78, 5) is 22.4. The van der Waals surface area contributed by atoms with Crippen molar-refractivity contribution >= 4 is 17.8 Å². The molecule has 1 heterocycles. The lowest BCUT2D eigenvalue weighted by Gasteiger charge is -2.24. The number of aryl methyl sites for hydroxylation is 1. The van der Waals surface area contributed by atoms with Crippen LogP contribution in [0.3, 0.4) is 0 Å². The van der Waals surface area contributed by atoms with Gasteiger partial charge in [-0.25, -0.2) is 5.43 Å². The molecule has 0 radical (unpaired) electrons. The van der Waals surface area contributed by atoms with Crippen molar-refractivity contribution in [3.8, 4) is 17.2 Å². The van der Waals surface area contributed by atoms with Crippen LogP contribution < -0.4 is 14.9 Å². The average Bonchev–Trinajstić information content (AvgIpc) is 2.64. The van der Waals surface area contributed by atoms with Crippen LogP contribution >= 0.6 is 0 Å². The number of nitro benzene ring substituents is 1. The molecule has 9 heteroatoms. The van der Waals surface area contributed by atoms with Gasteiger partial charge in [-0.1, -0.05) is 12.1 Å². The molecule has 1 unspecified atom stereocenters. The molecule has 26 heavy (non-hydrogen) atoms. The van der Waals surface area contributed by atoms with E-state index in [0.29, 0.717) is 17.1 Å². The fourth-order valence-corrected chi connectivity index (χ4v) is 2.38. The van der Waals surface area contributed by atoms with Gasteiger partial charge in [0.05, 0.1) is 11.1 Å². The summed E-state index contributed by atoms with van der Waals surface area (Å²) in [5, 5.41) is 24.6. The van der Waals surface area contributed by atoms with Gasteiger partial charge in [-0.3, -0.25) is 14.9 Å². The number of ether oxygens (including phenoxy) is 2. The lowest BCUT2D eigenvalue weighted by Crippen LogP contribution is -2.42. The third-order valence-corrected chi connectivity index (χ3v) is 3.70. The third kappa shape index (κ3) is 3.56. The highest BCUT2D eigenvalue weighted by molar-refractivity contribution is 5.87. The van der Waals surface area contributed by atoms with E-state index >= 15 is 0 Å². The molecule has 0 saturated carbocycles. The summed E-state index contributed by atoms with van der Waals surface area (Å²) in [7, 11) is 0. The van der Waals surface area contributed by atoms with Crippen LogP contribution in [0.4, 0.5) is 5.69 Å². The molecule has 2 N–H and O–H groups in total. The van der Waals surface area contributed by atoms with Crippen molar-refractivity contribution in [3.05, 3.63) is 57.6 Å². The van der Waals surface area contributed by atoms with Crippen LogP contribution in [0.2, 0.25) is 0 Å². The molecule has 0 aliphatic carbocycles. The van der Waals surface area contributed by atoms with Gasteiger partial charge in [0.2, 0.25) is 6.10 Å². The second kappa shape index (κ2) is 7.09. The molecule has 0 aromatic heterocycles. The number of benzene rings is 2. The first kappa shape index (κ1) is 17.2. The van der Waals surface area contributed by atoms with Crippen molar-refractivity contribution in [2.24, 2.45) is 5.10 Å². The Labute approximate surface area is 148 Å². The number of para-hydroxylation sites is 2. The minimum absolute atomic E-state index is 0.0273. The molecule has 134 valence electrons. The van der Waals surface area contributed by atoms with Crippen LogP contribution in [-0.4, -0.2) is 34.9 Å². The minimum atomic E-state index is -0.887. The zero-order chi connectivity index (χ0) is 18.7. The number of carbonyl (C=O) groups excluding carboxylic acids is 1. The van der Waals surface area contributed by atoms with Gasteiger partial charge in [-0.2, -0.15) is 5.10 Å². The summed E-state index contributed by atoms with van der Waals surface area (Å²) >= 11 is 0. The number of carbonyl (C=O) groups is 1. The van der Waals surface area contributed by atoms with E-state index in [1.54, 1.807) is 24.3 Å². The number of aromatic hydroxyl groups is 1. The quantitative estimate of drug-likeness (QED) is 0.489. The molecule has 0 fully saturated rings. The smallest absolute Gasteiger partial charge is 0.284 e. The van der Waals surface area contributed by atoms with Crippen LogP contribution in [0, 0.1) is 17.0 Å². The number of nitrogens with one attached hydrogen (secondary N) is 1. The Hall–Kier alpha value is -3.62. The molecule has 0 saturated heterocycles. The van der Waals surface area contributed by atoms with E-state index in [2.05, 4.69) is 10.5 Å². The van der Waals surface area contributed by atoms with Crippen LogP contribution in [0.5, 0.6) is 17.2 Å². The average molecular weight is 357 g/mol. The number of fused-ring (bicyclic) bond motifs is 1. The van der Waals surface area contributed by atoms with E-state index in [0.717, 1.165) is 12.3 Å². The highest BCUT2D eigenvalue weighted by Gasteiger charge is 2.27. The molecule has 9 nitrogen and oxygen atoms in total. The maximum Gasteiger partial charge on any atom is 0.284 e. The van der Waals surface area contributed by atoms with E-state index in [-0.39, 0.29) is 23.6 Å². The number of phenols is 1. The fraction of sp³-hybridized carbons (Fsp3) is 0.176. The van der Waals surface area contributed by atoms with Crippen molar-refractivity contribution in [1.29, 1.82) is 0 Å². The molecule has 1 atom stereocenters. The van der Waals surface area contributed by atoms with E-state index in [1.807, 2.05) is 0 Å². The van der Waals surface area contributed by atoms with Gasteiger partial charge in [0.1, 0.15) is 12.4 Å². The molecule has 2 aromatic rings. The van der Waals surface area contributed by atoms with Crippen molar-refractivity contribution in [2.45, 2.75) is 13.0 Å². The molecular weight excluding hydrogens is 342 g/mol. The number of non-ortho nitro benzene ring substituents is 1. The van der Waals surface area contributed by atoms with Crippen LogP contribution in [0.1, 0.15) is 11.1 Å². The highest BCUT2D eigenvalue weighted by atomic mass is 16.6. The lowest BCUT2D eigenvalue weighted by molar-refractivity contribution is -0.384. The zero-order valence-electron chi connectivity index (χ0n) is 13.7. The zero-order valence-corrected chi connectivity index (χ0v) is 13.7. The number of phenolic OH excluding ortho intramolecular Hbond substituents is 1. The Balaban J connectivity index is 1.68. The monoisotopic (exact) mass is 357 g/mol. The van der Waals surface area contributed by atoms with E-state index < -0.39 is 16.9 Å². The Bertz CT molecular complexity index is 896. The molecule has 1 aliphatic rings. The summed E-state index contributed by atoms with van der Waals surface area (Å²) in [6, 6.07) is 9.37. The number of hydrazone groups is 1. The minimum Gasteiger partial charge on any atom is -0.507 e. The standard InChI is InChI=1S/C17H15N3O6/c1-10-6-12(20(23)24)7-11(16(10)21)8-18-19-17(22)15-9-25-13-4-2-3-5-14(13)26-15/h2-8,15,21H,9H2,1H3,(H,19,22)/b18-8-.